The number of sulfonamides is 1. The monoisotopic (exact) mass is 299 g/mol. The Balaban J connectivity index is 3.02. The van der Waals surface area contributed by atoms with Crippen molar-refractivity contribution >= 4 is 16.0 Å². The van der Waals surface area contributed by atoms with Gasteiger partial charge in [-0.3, -0.25) is 4.79 Å². The largest absolute Gasteiger partial charge is 0.468 e. The zero-order chi connectivity index (χ0) is 15.3. The van der Waals surface area contributed by atoms with Crippen molar-refractivity contribution in [1.82, 2.24) is 4.72 Å². The van der Waals surface area contributed by atoms with Crippen LogP contribution in [0.2, 0.25) is 0 Å². The van der Waals surface area contributed by atoms with Gasteiger partial charge < -0.3 is 4.74 Å². The number of rotatable bonds is 6. The Labute approximate surface area is 120 Å². The first-order valence-electron chi connectivity index (χ1n) is 6.48. The molecule has 0 radical (unpaired) electrons. The van der Waals surface area contributed by atoms with Crippen LogP contribution in [0.3, 0.4) is 0 Å². The second kappa shape index (κ2) is 6.85. The maximum absolute atomic E-state index is 12.3. The van der Waals surface area contributed by atoms with Crippen LogP contribution >= 0.6 is 0 Å². The summed E-state index contributed by atoms with van der Waals surface area (Å²) in [6, 6.07) is 5.58. The van der Waals surface area contributed by atoms with Gasteiger partial charge in [0.05, 0.1) is 12.0 Å². The van der Waals surface area contributed by atoms with Crippen LogP contribution < -0.4 is 4.72 Å². The van der Waals surface area contributed by atoms with Crippen molar-refractivity contribution in [3.05, 3.63) is 29.8 Å². The van der Waals surface area contributed by atoms with Gasteiger partial charge in [0.15, 0.2) is 0 Å². The Hall–Kier alpha value is -1.40. The maximum Gasteiger partial charge on any atom is 0.324 e. The molecule has 1 N–H and O–H groups in total. The van der Waals surface area contributed by atoms with E-state index in [4.69, 9.17) is 0 Å². The average molecular weight is 299 g/mol. The highest BCUT2D eigenvalue weighted by molar-refractivity contribution is 7.89. The molecule has 1 rings (SSSR count). The molecule has 0 bridgehead atoms. The van der Waals surface area contributed by atoms with Gasteiger partial charge in [0.2, 0.25) is 10.0 Å². The summed E-state index contributed by atoms with van der Waals surface area (Å²) in [5, 5.41) is 0. The van der Waals surface area contributed by atoms with Crippen molar-refractivity contribution in [3.8, 4) is 0 Å². The first-order valence-corrected chi connectivity index (χ1v) is 7.97. The Morgan fingerprint density at radius 1 is 1.30 bits per heavy atom. The molecule has 0 aliphatic carbocycles. The van der Waals surface area contributed by atoms with Crippen molar-refractivity contribution in [2.45, 2.75) is 38.1 Å². The Morgan fingerprint density at radius 3 is 2.30 bits per heavy atom. The van der Waals surface area contributed by atoms with Crippen LogP contribution in [0.4, 0.5) is 0 Å². The highest BCUT2D eigenvalue weighted by Crippen LogP contribution is 2.15. The van der Waals surface area contributed by atoms with Crippen molar-refractivity contribution < 1.29 is 17.9 Å². The molecular weight excluding hydrogens is 278 g/mol. The lowest BCUT2D eigenvalue weighted by Crippen LogP contribution is -2.45. The standard InChI is InChI=1S/C14H21NO4S/c1-5-11(3)13(14(16)19-4)15-20(17,18)12-8-6-10(2)7-9-12/h6-9,11,13,15H,5H2,1-4H3/t11-,13+/m0/s1. The summed E-state index contributed by atoms with van der Waals surface area (Å²) in [5.74, 6) is -0.724. The van der Waals surface area contributed by atoms with E-state index < -0.39 is 22.0 Å². The van der Waals surface area contributed by atoms with E-state index in [1.807, 2.05) is 13.8 Å². The zero-order valence-corrected chi connectivity index (χ0v) is 13.0. The summed E-state index contributed by atoms with van der Waals surface area (Å²) in [5.41, 5.74) is 0.968. The molecule has 0 aromatic heterocycles. The minimum absolute atomic E-state index is 0.139. The first kappa shape index (κ1) is 16.7. The number of hydrogen-bond acceptors (Lipinski definition) is 4. The molecule has 0 unspecified atom stereocenters. The van der Waals surface area contributed by atoms with Crippen molar-refractivity contribution in [3.63, 3.8) is 0 Å². The van der Waals surface area contributed by atoms with Gasteiger partial charge in [-0.2, -0.15) is 4.72 Å². The quantitative estimate of drug-likeness (QED) is 0.814. The lowest BCUT2D eigenvalue weighted by Gasteiger charge is -2.21. The average Bonchev–Trinajstić information content (AvgIpc) is 2.43. The Kier molecular flexibility index (Phi) is 5.71. The van der Waals surface area contributed by atoms with Crippen LogP contribution in [0.15, 0.2) is 29.2 Å². The molecule has 0 aliphatic rings. The third kappa shape index (κ3) is 4.05. The number of methoxy groups -OCH3 is 1. The zero-order valence-electron chi connectivity index (χ0n) is 12.2. The molecule has 1 aromatic carbocycles. The third-order valence-electron chi connectivity index (χ3n) is 3.28. The maximum atomic E-state index is 12.3. The number of aryl methyl sites for hydroxylation is 1. The molecule has 112 valence electrons. The topological polar surface area (TPSA) is 72.5 Å². The molecule has 0 saturated carbocycles. The number of carbonyl (C=O) groups is 1. The Bertz CT molecular complexity index is 551. The van der Waals surface area contributed by atoms with Crippen molar-refractivity contribution in [2.75, 3.05) is 7.11 Å². The van der Waals surface area contributed by atoms with Gasteiger partial charge in [-0.05, 0) is 25.0 Å². The van der Waals surface area contributed by atoms with Crippen LogP contribution in [-0.2, 0) is 19.6 Å². The van der Waals surface area contributed by atoms with Gasteiger partial charge in [0.1, 0.15) is 6.04 Å². The van der Waals surface area contributed by atoms with E-state index in [0.29, 0.717) is 6.42 Å². The number of hydrogen-bond donors (Lipinski definition) is 1. The van der Waals surface area contributed by atoms with Crippen LogP contribution in [0, 0.1) is 12.8 Å². The van der Waals surface area contributed by atoms with Gasteiger partial charge in [-0.25, -0.2) is 8.42 Å². The lowest BCUT2D eigenvalue weighted by molar-refractivity contribution is -0.143. The first-order chi connectivity index (χ1) is 9.31. The molecule has 0 saturated heterocycles. The fraction of sp³-hybridized carbons (Fsp3) is 0.500. The molecule has 0 fully saturated rings. The predicted octanol–water partition coefficient (Wildman–Crippen LogP) is 1.86. The summed E-state index contributed by atoms with van der Waals surface area (Å²) in [7, 11) is -2.49. The van der Waals surface area contributed by atoms with Crippen LogP contribution in [0.5, 0.6) is 0 Å². The summed E-state index contributed by atoms with van der Waals surface area (Å²) in [6.07, 6.45) is 0.663. The summed E-state index contributed by atoms with van der Waals surface area (Å²) >= 11 is 0. The lowest BCUT2D eigenvalue weighted by atomic mass is 10.0. The highest BCUT2D eigenvalue weighted by atomic mass is 32.2. The van der Waals surface area contributed by atoms with Gasteiger partial charge >= 0.3 is 5.97 Å². The molecule has 0 heterocycles. The minimum atomic E-state index is -3.74. The second-order valence-corrected chi connectivity index (χ2v) is 6.53. The number of ether oxygens (including phenoxy) is 1. The summed E-state index contributed by atoms with van der Waals surface area (Å²) in [6.45, 7) is 5.57. The van der Waals surface area contributed by atoms with Crippen LogP contribution in [0.25, 0.3) is 0 Å². The van der Waals surface area contributed by atoms with Crippen LogP contribution in [0.1, 0.15) is 25.8 Å². The molecule has 20 heavy (non-hydrogen) atoms. The van der Waals surface area contributed by atoms with Gasteiger partial charge in [0, 0.05) is 0 Å². The number of esters is 1. The van der Waals surface area contributed by atoms with Gasteiger partial charge in [0.25, 0.3) is 0 Å². The summed E-state index contributed by atoms with van der Waals surface area (Å²) in [4.78, 5) is 11.9. The number of carbonyl (C=O) groups excluding carboxylic acids is 1. The molecule has 0 aliphatic heterocycles. The number of benzene rings is 1. The normalized spacial score (nSPS) is 14.6. The van der Waals surface area contributed by atoms with E-state index in [9.17, 15) is 13.2 Å². The fourth-order valence-electron chi connectivity index (χ4n) is 1.71. The SMILES string of the molecule is CC[C@H](C)[C@@H](NS(=O)(=O)c1ccc(C)cc1)C(=O)OC. The van der Waals surface area contributed by atoms with E-state index in [-0.39, 0.29) is 10.8 Å². The van der Waals surface area contributed by atoms with Crippen LogP contribution in [-0.4, -0.2) is 27.5 Å². The number of nitrogens with one attached hydrogen (secondary N) is 1. The molecular formula is C14H21NO4S. The van der Waals surface area contributed by atoms with E-state index in [1.54, 1.807) is 19.1 Å². The highest BCUT2D eigenvalue weighted by Gasteiger charge is 2.30. The third-order valence-corrected chi connectivity index (χ3v) is 4.74. The predicted molar refractivity (Wildman–Crippen MR) is 76.8 cm³/mol. The van der Waals surface area contributed by atoms with E-state index in [2.05, 4.69) is 9.46 Å². The molecule has 6 heteroatoms. The van der Waals surface area contributed by atoms with E-state index in [1.165, 1.54) is 19.2 Å². The fourth-order valence-corrected chi connectivity index (χ4v) is 3.01. The Morgan fingerprint density at radius 2 is 1.85 bits per heavy atom. The second-order valence-electron chi connectivity index (χ2n) is 4.82. The molecule has 1 aromatic rings. The van der Waals surface area contributed by atoms with Crippen molar-refractivity contribution in [2.24, 2.45) is 5.92 Å². The van der Waals surface area contributed by atoms with E-state index >= 15 is 0 Å². The molecule has 0 spiro atoms. The van der Waals surface area contributed by atoms with Crippen molar-refractivity contribution in [1.29, 1.82) is 0 Å². The van der Waals surface area contributed by atoms with E-state index in [0.717, 1.165) is 5.56 Å². The van der Waals surface area contributed by atoms with Gasteiger partial charge in [-0.1, -0.05) is 38.0 Å². The summed E-state index contributed by atoms with van der Waals surface area (Å²) < 4.78 is 31.6. The van der Waals surface area contributed by atoms with Gasteiger partial charge in [-0.15, -0.1) is 0 Å². The smallest absolute Gasteiger partial charge is 0.324 e. The molecule has 0 amide bonds. The minimum Gasteiger partial charge on any atom is -0.468 e. The molecule has 2 atom stereocenters. The molecule has 5 nitrogen and oxygen atoms in total.